The van der Waals surface area contributed by atoms with Crippen LogP contribution in [-0.2, 0) is 6.54 Å². The van der Waals surface area contributed by atoms with Crippen LogP contribution in [0.1, 0.15) is 50.6 Å². The van der Waals surface area contributed by atoms with Gasteiger partial charge in [-0.05, 0) is 75.7 Å². The van der Waals surface area contributed by atoms with Gasteiger partial charge in [-0.2, -0.15) is 5.10 Å². The van der Waals surface area contributed by atoms with E-state index in [1.54, 1.807) is 0 Å². The monoisotopic (exact) mass is 273 g/mol. The van der Waals surface area contributed by atoms with Gasteiger partial charge in [0, 0.05) is 24.3 Å². The largest absolute Gasteiger partial charge is 0.313 e. The Balaban J connectivity index is 1.61. The van der Waals surface area contributed by atoms with Gasteiger partial charge in [0.2, 0.25) is 0 Å². The molecule has 0 saturated heterocycles. The molecule has 110 valence electrons. The molecule has 20 heavy (non-hydrogen) atoms. The van der Waals surface area contributed by atoms with E-state index < -0.39 is 0 Å². The predicted molar refractivity (Wildman–Crippen MR) is 80.2 cm³/mol. The molecule has 0 spiro atoms. The molecule has 3 heteroatoms. The summed E-state index contributed by atoms with van der Waals surface area (Å²) in [4.78, 5) is 0. The third-order valence-electron chi connectivity index (χ3n) is 6.33. The van der Waals surface area contributed by atoms with Gasteiger partial charge >= 0.3 is 0 Å². The first-order chi connectivity index (χ1) is 9.78. The molecule has 0 amide bonds. The SMILES string of the molecule is CCn1cc(C(NC)C2C3CC4CC(C3)CC2C4)cn1. The minimum Gasteiger partial charge on any atom is -0.313 e. The first-order valence-corrected chi connectivity index (χ1v) is 8.48. The molecule has 1 aromatic rings. The molecule has 4 bridgehead atoms. The maximum atomic E-state index is 4.49. The third kappa shape index (κ3) is 1.93. The molecule has 1 N–H and O–H groups in total. The molecule has 1 heterocycles. The van der Waals surface area contributed by atoms with E-state index in [0.29, 0.717) is 6.04 Å². The fraction of sp³-hybridized carbons (Fsp3) is 0.824. The van der Waals surface area contributed by atoms with Gasteiger partial charge in [0.15, 0.2) is 0 Å². The molecule has 4 fully saturated rings. The number of rotatable bonds is 4. The lowest BCUT2D eigenvalue weighted by Gasteiger charge is -2.56. The van der Waals surface area contributed by atoms with Crippen molar-refractivity contribution in [2.45, 2.75) is 51.6 Å². The second-order valence-electron chi connectivity index (χ2n) is 7.40. The Morgan fingerprint density at radius 2 is 1.85 bits per heavy atom. The van der Waals surface area contributed by atoms with Crippen molar-refractivity contribution in [1.82, 2.24) is 15.1 Å². The zero-order valence-corrected chi connectivity index (χ0v) is 12.8. The first kappa shape index (κ1) is 12.9. The Labute approximate surface area is 122 Å². The van der Waals surface area contributed by atoms with Crippen LogP contribution >= 0.6 is 0 Å². The van der Waals surface area contributed by atoms with Crippen molar-refractivity contribution in [2.75, 3.05) is 7.05 Å². The van der Waals surface area contributed by atoms with Crippen molar-refractivity contribution in [3.8, 4) is 0 Å². The number of nitrogens with zero attached hydrogens (tertiary/aromatic N) is 2. The van der Waals surface area contributed by atoms with Gasteiger partial charge in [-0.25, -0.2) is 0 Å². The van der Waals surface area contributed by atoms with E-state index in [4.69, 9.17) is 0 Å². The normalized spacial score (nSPS) is 40.2. The van der Waals surface area contributed by atoms with Gasteiger partial charge in [-0.15, -0.1) is 0 Å². The van der Waals surface area contributed by atoms with Crippen molar-refractivity contribution < 1.29 is 0 Å². The molecule has 4 aliphatic rings. The molecule has 1 atom stereocenters. The lowest BCUT2D eigenvalue weighted by Crippen LogP contribution is -2.49. The number of hydrogen-bond donors (Lipinski definition) is 1. The van der Waals surface area contributed by atoms with Crippen LogP contribution in [0.4, 0.5) is 0 Å². The summed E-state index contributed by atoms with van der Waals surface area (Å²) in [6.45, 7) is 3.13. The van der Waals surface area contributed by atoms with Crippen LogP contribution in [0.25, 0.3) is 0 Å². The highest BCUT2D eigenvalue weighted by atomic mass is 15.3. The summed E-state index contributed by atoms with van der Waals surface area (Å²) in [5.74, 6) is 4.90. The van der Waals surface area contributed by atoms with Crippen LogP contribution in [0, 0.1) is 29.6 Å². The van der Waals surface area contributed by atoms with Crippen molar-refractivity contribution in [3.63, 3.8) is 0 Å². The number of aryl methyl sites for hydroxylation is 1. The van der Waals surface area contributed by atoms with Crippen LogP contribution in [0.5, 0.6) is 0 Å². The third-order valence-corrected chi connectivity index (χ3v) is 6.33. The molecular formula is C17H27N3. The zero-order chi connectivity index (χ0) is 13.7. The summed E-state index contributed by atoms with van der Waals surface area (Å²) in [5.41, 5.74) is 1.41. The van der Waals surface area contributed by atoms with Crippen molar-refractivity contribution in [1.29, 1.82) is 0 Å². The maximum Gasteiger partial charge on any atom is 0.0537 e. The Kier molecular flexibility index (Phi) is 3.13. The zero-order valence-electron chi connectivity index (χ0n) is 12.8. The van der Waals surface area contributed by atoms with Crippen LogP contribution in [-0.4, -0.2) is 16.8 Å². The first-order valence-electron chi connectivity index (χ1n) is 8.48. The summed E-state index contributed by atoms with van der Waals surface area (Å²) >= 11 is 0. The maximum absolute atomic E-state index is 4.49. The topological polar surface area (TPSA) is 29.9 Å². The van der Waals surface area contributed by atoms with E-state index in [9.17, 15) is 0 Å². The second-order valence-corrected chi connectivity index (χ2v) is 7.40. The van der Waals surface area contributed by atoms with Gasteiger partial charge in [0.25, 0.3) is 0 Å². The minimum atomic E-state index is 0.519. The average molecular weight is 273 g/mol. The molecule has 0 aliphatic heterocycles. The molecule has 0 aromatic carbocycles. The van der Waals surface area contributed by atoms with E-state index >= 15 is 0 Å². The lowest BCUT2D eigenvalue weighted by atomic mass is 9.50. The average Bonchev–Trinajstić information content (AvgIpc) is 2.90. The quantitative estimate of drug-likeness (QED) is 0.912. The number of nitrogens with one attached hydrogen (secondary N) is 1. The van der Waals surface area contributed by atoms with Gasteiger partial charge in [0.05, 0.1) is 6.20 Å². The van der Waals surface area contributed by atoms with Crippen LogP contribution in [0.3, 0.4) is 0 Å². The fourth-order valence-corrected chi connectivity index (χ4v) is 5.81. The fourth-order valence-electron chi connectivity index (χ4n) is 5.81. The standard InChI is InChI=1S/C17H27N3/c1-3-20-10-15(9-19-20)17(18-2)16-13-5-11-4-12(7-13)8-14(16)6-11/h9-14,16-18H,3-8H2,1-2H3. The van der Waals surface area contributed by atoms with Gasteiger partial charge < -0.3 is 5.32 Å². The van der Waals surface area contributed by atoms with E-state index in [2.05, 4.69) is 41.5 Å². The molecule has 0 radical (unpaired) electrons. The van der Waals surface area contributed by atoms with Crippen LogP contribution < -0.4 is 5.32 Å². The summed E-state index contributed by atoms with van der Waals surface area (Å²) in [7, 11) is 2.14. The Bertz CT molecular complexity index is 450. The van der Waals surface area contributed by atoms with E-state index in [1.165, 1.54) is 37.7 Å². The van der Waals surface area contributed by atoms with Crippen LogP contribution in [0.15, 0.2) is 12.4 Å². The molecular weight excluding hydrogens is 246 g/mol. The highest BCUT2D eigenvalue weighted by molar-refractivity contribution is 5.15. The lowest BCUT2D eigenvalue weighted by molar-refractivity contribution is -0.0515. The highest BCUT2D eigenvalue weighted by Gasteiger charge is 2.50. The summed E-state index contributed by atoms with van der Waals surface area (Å²) in [5, 5.41) is 8.12. The minimum absolute atomic E-state index is 0.519. The van der Waals surface area contributed by atoms with Crippen molar-refractivity contribution in [3.05, 3.63) is 18.0 Å². The second kappa shape index (κ2) is 4.87. The smallest absolute Gasteiger partial charge is 0.0537 e. The number of aromatic nitrogens is 2. The summed E-state index contributed by atoms with van der Waals surface area (Å²) < 4.78 is 2.07. The molecule has 3 nitrogen and oxygen atoms in total. The Morgan fingerprint density at radius 1 is 1.20 bits per heavy atom. The van der Waals surface area contributed by atoms with Gasteiger partial charge in [0.1, 0.15) is 0 Å². The van der Waals surface area contributed by atoms with E-state index in [-0.39, 0.29) is 0 Å². The molecule has 4 saturated carbocycles. The highest BCUT2D eigenvalue weighted by Crippen LogP contribution is 2.59. The molecule has 4 aliphatic carbocycles. The van der Waals surface area contributed by atoms with E-state index in [1.807, 2.05) is 0 Å². The summed E-state index contributed by atoms with van der Waals surface area (Å²) in [6.07, 6.45) is 11.9. The number of hydrogen-bond acceptors (Lipinski definition) is 2. The van der Waals surface area contributed by atoms with Crippen molar-refractivity contribution in [2.24, 2.45) is 29.6 Å². The van der Waals surface area contributed by atoms with Crippen molar-refractivity contribution >= 4 is 0 Å². The van der Waals surface area contributed by atoms with Crippen LogP contribution in [0.2, 0.25) is 0 Å². The van der Waals surface area contributed by atoms with E-state index in [0.717, 1.165) is 36.1 Å². The molecule has 1 aromatic heterocycles. The molecule has 5 rings (SSSR count). The summed E-state index contributed by atoms with van der Waals surface area (Å²) in [6, 6.07) is 0.519. The molecule has 1 unspecified atom stereocenters. The van der Waals surface area contributed by atoms with Gasteiger partial charge in [-0.1, -0.05) is 0 Å². The predicted octanol–water partition coefficient (Wildman–Crippen LogP) is 3.24. The Morgan fingerprint density at radius 3 is 2.35 bits per heavy atom. The van der Waals surface area contributed by atoms with Gasteiger partial charge in [-0.3, -0.25) is 4.68 Å². The Hall–Kier alpha value is -0.830.